The molecule has 0 aliphatic carbocycles. The second-order valence-electron chi connectivity index (χ2n) is 3.76. The van der Waals surface area contributed by atoms with Crippen LogP contribution in [0.4, 0.5) is 19.2 Å². The van der Waals surface area contributed by atoms with Crippen LogP contribution in [-0.2, 0) is 19.3 Å². The lowest BCUT2D eigenvalue weighted by molar-refractivity contribution is -0.137. The van der Waals surface area contributed by atoms with Gasteiger partial charge < -0.3 is 15.5 Å². The zero-order chi connectivity index (χ0) is 13.9. The van der Waals surface area contributed by atoms with Crippen LogP contribution in [0.15, 0.2) is 28.7 Å². The zero-order valence-electron chi connectivity index (χ0n) is 9.74. The molecule has 1 aromatic heterocycles. The van der Waals surface area contributed by atoms with Crippen LogP contribution in [-0.4, -0.2) is 10.2 Å². The number of hydrogen-bond acceptors (Lipinski definition) is 5. The molecule has 0 radical (unpaired) electrons. The standard InChI is InChI=1S/C11H11F3N4O/c12-11(13,14)8-3-1-2-7(4-8)6-16-10-18-17-9(5-15)19-10/h1-4H,5-6,15H2,(H,16,18). The van der Waals surface area contributed by atoms with Gasteiger partial charge in [-0.1, -0.05) is 17.2 Å². The maximum Gasteiger partial charge on any atom is 0.416 e. The predicted octanol–water partition coefficient (Wildman–Crippen LogP) is 2.16. The van der Waals surface area contributed by atoms with Crippen LogP contribution in [0.1, 0.15) is 17.0 Å². The SMILES string of the molecule is NCc1nnc(NCc2cccc(C(F)(F)F)c2)o1. The molecule has 102 valence electrons. The number of anilines is 1. The van der Waals surface area contributed by atoms with E-state index < -0.39 is 11.7 Å². The highest BCUT2D eigenvalue weighted by molar-refractivity contribution is 5.29. The van der Waals surface area contributed by atoms with Crippen molar-refractivity contribution in [3.63, 3.8) is 0 Å². The van der Waals surface area contributed by atoms with Gasteiger partial charge in [0.05, 0.1) is 12.1 Å². The number of rotatable bonds is 4. The third kappa shape index (κ3) is 3.44. The molecule has 0 atom stereocenters. The molecule has 0 bridgehead atoms. The second-order valence-corrected chi connectivity index (χ2v) is 3.76. The summed E-state index contributed by atoms with van der Waals surface area (Å²) < 4.78 is 42.6. The molecule has 2 rings (SSSR count). The van der Waals surface area contributed by atoms with Gasteiger partial charge in [0.1, 0.15) is 0 Å². The van der Waals surface area contributed by atoms with E-state index in [0.29, 0.717) is 5.56 Å². The van der Waals surface area contributed by atoms with Gasteiger partial charge in [0.15, 0.2) is 0 Å². The smallest absolute Gasteiger partial charge is 0.407 e. The molecule has 0 aliphatic rings. The lowest BCUT2D eigenvalue weighted by Crippen LogP contribution is -2.07. The number of aromatic nitrogens is 2. The molecule has 8 heteroatoms. The number of nitrogens with one attached hydrogen (secondary N) is 1. The van der Waals surface area contributed by atoms with E-state index in [9.17, 15) is 13.2 Å². The first-order valence-corrected chi connectivity index (χ1v) is 5.41. The minimum absolute atomic E-state index is 0.109. The highest BCUT2D eigenvalue weighted by Gasteiger charge is 2.30. The molecule has 5 nitrogen and oxygen atoms in total. The largest absolute Gasteiger partial charge is 0.416 e. The zero-order valence-corrected chi connectivity index (χ0v) is 9.74. The predicted molar refractivity (Wildman–Crippen MR) is 61.0 cm³/mol. The monoisotopic (exact) mass is 272 g/mol. The first-order chi connectivity index (χ1) is 8.99. The first kappa shape index (κ1) is 13.3. The van der Waals surface area contributed by atoms with Crippen molar-refractivity contribution in [2.45, 2.75) is 19.3 Å². The van der Waals surface area contributed by atoms with E-state index in [1.807, 2.05) is 0 Å². The summed E-state index contributed by atoms with van der Waals surface area (Å²) in [4.78, 5) is 0. The summed E-state index contributed by atoms with van der Waals surface area (Å²) >= 11 is 0. The Labute approximate surface area is 106 Å². The van der Waals surface area contributed by atoms with Gasteiger partial charge in [-0.25, -0.2) is 0 Å². The number of nitrogens with two attached hydrogens (primary N) is 1. The second kappa shape index (κ2) is 5.27. The van der Waals surface area contributed by atoms with Crippen LogP contribution >= 0.6 is 0 Å². The fourth-order valence-corrected chi connectivity index (χ4v) is 1.44. The maximum absolute atomic E-state index is 12.5. The number of hydrogen-bond donors (Lipinski definition) is 2. The summed E-state index contributed by atoms with van der Waals surface area (Å²) in [5, 5.41) is 9.99. The Morgan fingerprint density at radius 2 is 2.05 bits per heavy atom. The van der Waals surface area contributed by atoms with Gasteiger partial charge in [0, 0.05) is 6.54 Å². The normalized spacial score (nSPS) is 11.6. The Kier molecular flexibility index (Phi) is 3.70. The van der Waals surface area contributed by atoms with Crippen LogP contribution in [0.3, 0.4) is 0 Å². The molecule has 0 spiro atoms. The number of nitrogens with zero attached hydrogens (tertiary/aromatic N) is 2. The summed E-state index contributed by atoms with van der Waals surface area (Å²) in [7, 11) is 0. The Hall–Kier alpha value is -2.09. The molecule has 0 amide bonds. The number of benzene rings is 1. The molecule has 0 fully saturated rings. The van der Waals surface area contributed by atoms with E-state index in [2.05, 4.69) is 15.5 Å². The molecule has 0 saturated carbocycles. The maximum atomic E-state index is 12.5. The van der Waals surface area contributed by atoms with Gasteiger partial charge >= 0.3 is 12.2 Å². The molecule has 0 aliphatic heterocycles. The van der Waals surface area contributed by atoms with Crippen LogP contribution in [0.25, 0.3) is 0 Å². The van der Waals surface area contributed by atoms with E-state index in [1.54, 1.807) is 6.07 Å². The Balaban J connectivity index is 2.03. The fraction of sp³-hybridized carbons (Fsp3) is 0.273. The van der Waals surface area contributed by atoms with E-state index in [1.165, 1.54) is 6.07 Å². The fourth-order valence-electron chi connectivity index (χ4n) is 1.44. The molecule has 0 saturated heterocycles. The highest BCUT2D eigenvalue weighted by Crippen LogP contribution is 2.29. The molecule has 0 unspecified atom stereocenters. The van der Waals surface area contributed by atoms with Crippen molar-refractivity contribution in [3.05, 3.63) is 41.3 Å². The lowest BCUT2D eigenvalue weighted by Gasteiger charge is -2.08. The van der Waals surface area contributed by atoms with Gasteiger partial charge in [0.2, 0.25) is 5.89 Å². The van der Waals surface area contributed by atoms with Crippen LogP contribution in [0.5, 0.6) is 0 Å². The Bertz CT molecular complexity index is 553. The average molecular weight is 272 g/mol. The van der Waals surface area contributed by atoms with Crippen molar-refractivity contribution >= 4 is 6.01 Å². The van der Waals surface area contributed by atoms with E-state index in [-0.39, 0.29) is 25.0 Å². The average Bonchev–Trinajstić information content (AvgIpc) is 2.84. The van der Waals surface area contributed by atoms with Crippen molar-refractivity contribution in [2.24, 2.45) is 5.73 Å². The minimum Gasteiger partial charge on any atom is -0.407 e. The van der Waals surface area contributed by atoms with Crippen LogP contribution < -0.4 is 11.1 Å². The topological polar surface area (TPSA) is 77.0 Å². The van der Waals surface area contributed by atoms with E-state index >= 15 is 0 Å². The van der Waals surface area contributed by atoms with Crippen molar-refractivity contribution in [1.29, 1.82) is 0 Å². The molecule has 1 heterocycles. The van der Waals surface area contributed by atoms with Crippen LogP contribution in [0.2, 0.25) is 0 Å². The number of alkyl halides is 3. The van der Waals surface area contributed by atoms with Crippen molar-refractivity contribution in [1.82, 2.24) is 10.2 Å². The minimum atomic E-state index is -4.35. The van der Waals surface area contributed by atoms with Crippen molar-refractivity contribution in [2.75, 3.05) is 5.32 Å². The van der Waals surface area contributed by atoms with Crippen LogP contribution in [0, 0.1) is 0 Å². The molecular formula is C11H11F3N4O. The molecule has 2 aromatic rings. The third-order valence-electron chi connectivity index (χ3n) is 2.34. The highest BCUT2D eigenvalue weighted by atomic mass is 19.4. The first-order valence-electron chi connectivity index (χ1n) is 5.41. The summed E-state index contributed by atoms with van der Waals surface area (Å²) in [5.41, 5.74) is 5.06. The molecular weight excluding hydrogens is 261 g/mol. The van der Waals surface area contributed by atoms with Crippen molar-refractivity contribution < 1.29 is 17.6 Å². The number of halogens is 3. The van der Waals surface area contributed by atoms with E-state index in [0.717, 1.165) is 12.1 Å². The van der Waals surface area contributed by atoms with Gasteiger partial charge in [-0.15, -0.1) is 5.10 Å². The van der Waals surface area contributed by atoms with E-state index in [4.69, 9.17) is 10.2 Å². The quantitative estimate of drug-likeness (QED) is 0.891. The lowest BCUT2D eigenvalue weighted by atomic mass is 10.1. The van der Waals surface area contributed by atoms with Gasteiger partial charge in [0.25, 0.3) is 0 Å². The van der Waals surface area contributed by atoms with Gasteiger partial charge in [-0.05, 0) is 17.7 Å². The third-order valence-corrected chi connectivity index (χ3v) is 2.34. The summed E-state index contributed by atoms with van der Waals surface area (Å²) in [6.45, 7) is 0.258. The van der Waals surface area contributed by atoms with Gasteiger partial charge in [-0.3, -0.25) is 0 Å². The molecule has 1 aromatic carbocycles. The molecule has 3 N–H and O–H groups in total. The Morgan fingerprint density at radius 3 is 2.68 bits per heavy atom. The molecule has 19 heavy (non-hydrogen) atoms. The summed E-state index contributed by atoms with van der Waals surface area (Å²) in [6, 6.07) is 5.12. The van der Waals surface area contributed by atoms with Crippen molar-refractivity contribution in [3.8, 4) is 0 Å². The van der Waals surface area contributed by atoms with Gasteiger partial charge in [-0.2, -0.15) is 13.2 Å². The summed E-state index contributed by atoms with van der Waals surface area (Å²) in [5.74, 6) is 0.256. The summed E-state index contributed by atoms with van der Waals surface area (Å²) in [6.07, 6.45) is -4.35. The Morgan fingerprint density at radius 1 is 1.26 bits per heavy atom.